The molecule has 21 heavy (non-hydrogen) atoms. The second kappa shape index (κ2) is 6.74. The number of rotatable bonds is 4. The van der Waals surface area contributed by atoms with Crippen LogP contribution < -0.4 is 10.1 Å². The number of hydrogen-bond donors (Lipinski definition) is 1. The van der Waals surface area contributed by atoms with E-state index < -0.39 is 12.5 Å². The van der Waals surface area contributed by atoms with E-state index in [9.17, 15) is 13.6 Å². The summed E-state index contributed by atoms with van der Waals surface area (Å²) in [5, 5.41) is 3.38. The molecule has 0 radical (unpaired) electrons. The average molecular weight is 332 g/mol. The van der Waals surface area contributed by atoms with Gasteiger partial charge in [-0.05, 0) is 42.5 Å². The Hall–Kier alpha value is -1.85. The number of anilines is 1. The van der Waals surface area contributed by atoms with E-state index >= 15 is 0 Å². The quantitative estimate of drug-likeness (QED) is 0.869. The molecule has 0 saturated heterocycles. The van der Waals surface area contributed by atoms with Gasteiger partial charge in [0.15, 0.2) is 0 Å². The summed E-state index contributed by atoms with van der Waals surface area (Å²) in [6.45, 7) is -2.90. The molecule has 2 aromatic carbocycles. The van der Waals surface area contributed by atoms with Crippen LogP contribution in [-0.2, 0) is 0 Å². The van der Waals surface area contributed by atoms with Crippen molar-refractivity contribution < 1.29 is 18.3 Å². The Balaban J connectivity index is 2.09. The van der Waals surface area contributed by atoms with Crippen molar-refractivity contribution in [2.75, 3.05) is 5.32 Å². The summed E-state index contributed by atoms with van der Waals surface area (Å²) in [5.74, 6) is -0.440. The number of carbonyl (C=O) groups excluding carboxylic acids is 1. The third kappa shape index (κ3) is 4.58. The summed E-state index contributed by atoms with van der Waals surface area (Å²) >= 11 is 11.7. The Labute approximate surface area is 129 Å². The van der Waals surface area contributed by atoms with Crippen LogP contribution in [0, 0.1) is 0 Å². The first-order chi connectivity index (χ1) is 9.94. The average Bonchev–Trinajstić information content (AvgIpc) is 2.37. The molecule has 0 aliphatic rings. The Kier molecular flexibility index (Phi) is 4.98. The van der Waals surface area contributed by atoms with Crippen LogP contribution >= 0.6 is 23.2 Å². The number of amides is 1. The zero-order valence-electron chi connectivity index (χ0n) is 10.4. The molecular formula is C14H9Cl2F2NO2. The van der Waals surface area contributed by atoms with Gasteiger partial charge >= 0.3 is 6.61 Å². The number of halogens is 4. The maximum Gasteiger partial charge on any atom is 0.387 e. The number of carbonyl (C=O) groups is 1. The fraction of sp³-hybridized carbons (Fsp3) is 0.0714. The second-order valence-corrected chi connectivity index (χ2v) is 4.89. The van der Waals surface area contributed by atoms with Gasteiger partial charge in [-0.15, -0.1) is 0 Å². The lowest BCUT2D eigenvalue weighted by molar-refractivity contribution is -0.0498. The number of hydrogen-bond acceptors (Lipinski definition) is 2. The Morgan fingerprint density at radius 1 is 1.05 bits per heavy atom. The standard InChI is InChI=1S/C14H9Cl2F2NO2/c15-9-5-10(16)7-11(6-9)19-13(20)8-1-3-12(4-2-8)21-14(17)18/h1-7,14H,(H,19,20). The molecule has 1 amide bonds. The number of alkyl halides is 2. The summed E-state index contributed by atoms with van der Waals surface area (Å²) in [6, 6.07) is 9.94. The first-order valence-electron chi connectivity index (χ1n) is 5.76. The van der Waals surface area contributed by atoms with Crippen molar-refractivity contribution in [1.82, 2.24) is 0 Å². The fourth-order valence-electron chi connectivity index (χ4n) is 1.62. The van der Waals surface area contributed by atoms with Gasteiger partial charge in [-0.25, -0.2) is 0 Å². The highest BCUT2D eigenvalue weighted by Gasteiger charge is 2.09. The highest BCUT2D eigenvalue weighted by atomic mass is 35.5. The molecule has 2 rings (SSSR count). The minimum Gasteiger partial charge on any atom is -0.435 e. The van der Waals surface area contributed by atoms with Gasteiger partial charge in [-0.3, -0.25) is 4.79 Å². The van der Waals surface area contributed by atoms with Crippen LogP contribution in [0.15, 0.2) is 42.5 Å². The first-order valence-corrected chi connectivity index (χ1v) is 6.52. The predicted molar refractivity (Wildman–Crippen MR) is 77.5 cm³/mol. The van der Waals surface area contributed by atoms with Gasteiger partial charge in [-0.2, -0.15) is 8.78 Å². The predicted octanol–water partition coefficient (Wildman–Crippen LogP) is 4.85. The lowest BCUT2D eigenvalue weighted by Gasteiger charge is -2.08. The fourth-order valence-corrected chi connectivity index (χ4v) is 2.14. The van der Waals surface area contributed by atoms with E-state index in [1.54, 1.807) is 12.1 Å². The van der Waals surface area contributed by atoms with Crippen molar-refractivity contribution >= 4 is 34.8 Å². The summed E-state index contributed by atoms with van der Waals surface area (Å²) in [5.41, 5.74) is 0.720. The SMILES string of the molecule is O=C(Nc1cc(Cl)cc(Cl)c1)c1ccc(OC(F)F)cc1. The molecule has 0 aliphatic carbocycles. The first kappa shape index (κ1) is 15.5. The monoisotopic (exact) mass is 331 g/mol. The normalized spacial score (nSPS) is 10.5. The summed E-state index contributed by atoms with van der Waals surface area (Å²) in [6.07, 6.45) is 0. The number of benzene rings is 2. The topological polar surface area (TPSA) is 38.3 Å². The maximum atomic E-state index is 12.0. The Bertz CT molecular complexity index is 628. The van der Waals surface area contributed by atoms with Crippen LogP contribution in [0.4, 0.5) is 14.5 Å². The van der Waals surface area contributed by atoms with Gasteiger partial charge in [-0.1, -0.05) is 23.2 Å². The van der Waals surface area contributed by atoms with E-state index in [2.05, 4.69) is 10.1 Å². The van der Waals surface area contributed by atoms with Crippen molar-refractivity contribution in [3.63, 3.8) is 0 Å². The van der Waals surface area contributed by atoms with Crippen molar-refractivity contribution in [3.05, 3.63) is 58.1 Å². The van der Waals surface area contributed by atoms with Crippen molar-refractivity contribution in [2.24, 2.45) is 0 Å². The van der Waals surface area contributed by atoms with Crippen molar-refractivity contribution in [2.45, 2.75) is 6.61 Å². The number of nitrogens with one attached hydrogen (secondary N) is 1. The lowest BCUT2D eigenvalue weighted by Crippen LogP contribution is -2.12. The zero-order valence-corrected chi connectivity index (χ0v) is 12.0. The molecule has 0 saturated carbocycles. The molecule has 0 aliphatic heterocycles. The van der Waals surface area contributed by atoms with Crippen LogP contribution in [0.25, 0.3) is 0 Å². The molecule has 3 nitrogen and oxygen atoms in total. The summed E-state index contributed by atoms with van der Waals surface area (Å²) in [7, 11) is 0. The summed E-state index contributed by atoms with van der Waals surface area (Å²) < 4.78 is 28.2. The smallest absolute Gasteiger partial charge is 0.387 e. The zero-order chi connectivity index (χ0) is 15.4. The van der Waals surface area contributed by atoms with Gasteiger partial charge in [0.1, 0.15) is 5.75 Å². The molecule has 0 atom stereocenters. The third-order valence-electron chi connectivity index (χ3n) is 2.46. The molecule has 0 heterocycles. The van der Waals surface area contributed by atoms with Crippen LogP contribution in [0.5, 0.6) is 5.75 Å². The Morgan fingerprint density at radius 3 is 2.14 bits per heavy atom. The largest absolute Gasteiger partial charge is 0.435 e. The highest BCUT2D eigenvalue weighted by Crippen LogP contribution is 2.23. The third-order valence-corrected chi connectivity index (χ3v) is 2.90. The molecule has 0 spiro atoms. The van der Waals surface area contributed by atoms with Gasteiger partial charge < -0.3 is 10.1 Å². The highest BCUT2D eigenvalue weighted by molar-refractivity contribution is 6.35. The van der Waals surface area contributed by atoms with E-state index in [4.69, 9.17) is 23.2 Å². The van der Waals surface area contributed by atoms with E-state index in [1.165, 1.54) is 30.3 Å². The van der Waals surface area contributed by atoms with Crippen molar-refractivity contribution in [1.29, 1.82) is 0 Å². The van der Waals surface area contributed by atoms with Crippen LogP contribution in [-0.4, -0.2) is 12.5 Å². The molecule has 0 aromatic heterocycles. The Morgan fingerprint density at radius 2 is 1.62 bits per heavy atom. The minimum atomic E-state index is -2.90. The van der Waals surface area contributed by atoms with Gasteiger partial charge in [0.2, 0.25) is 0 Å². The molecule has 7 heteroatoms. The van der Waals surface area contributed by atoms with E-state index in [0.717, 1.165) is 0 Å². The second-order valence-electron chi connectivity index (χ2n) is 4.02. The van der Waals surface area contributed by atoms with E-state index in [1.807, 2.05) is 0 Å². The molecule has 0 unspecified atom stereocenters. The van der Waals surface area contributed by atoms with Crippen LogP contribution in [0.2, 0.25) is 10.0 Å². The maximum absolute atomic E-state index is 12.0. The van der Waals surface area contributed by atoms with Gasteiger partial charge in [0.05, 0.1) is 0 Å². The summed E-state index contributed by atoms with van der Waals surface area (Å²) in [4.78, 5) is 12.0. The molecule has 0 fully saturated rings. The minimum absolute atomic E-state index is 0.0210. The van der Waals surface area contributed by atoms with Gasteiger partial charge in [0.25, 0.3) is 5.91 Å². The number of ether oxygens (including phenoxy) is 1. The molecule has 2 aromatic rings. The van der Waals surface area contributed by atoms with E-state index in [0.29, 0.717) is 15.7 Å². The van der Waals surface area contributed by atoms with Crippen molar-refractivity contribution in [3.8, 4) is 5.75 Å². The van der Waals surface area contributed by atoms with Gasteiger partial charge in [0, 0.05) is 21.3 Å². The van der Waals surface area contributed by atoms with Crippen LogP contribution in [0.1, 0.15) is 10.4 Å². The van der Waals surface area contributed by atoms with E-state index in [-0.39, 0.29) is 11.3 Å². The van der Waals surface area contributed by atoms with Crippen LogP contribution in [0.3, 0.4) is 0 Å². The molecule has 0 bridgehead atoms. The lowest BCUT2D eigenvalue weighted by atomic mass is 10.2. The molecule has 1 N–H and O–H groups in total. The molecule has 110 valence electrons. The molecular weight excluding hydrogens is 323 g/mol.